The van der Waals surface area contributed by atoms with Crippen LogP contribution in [-0.2, 0) is 17.9 Å². The fourth-order valence-corrected chi connectivity index (χ4v) is 2.85. The van der Waals surface area contributed by atoms with Gasteiger partial charge >= 0.3 is 0 Å². The Morgan fingerprint density at radius 2 is 1.97 bits per heavy atom. The number of aryl methyl sites for hydroxylation is 1. The molecule has 156 valence electrons. The molecule has 30 heavy (non-hydrogen) atoms. The van der Waals surface area contributed by atoms with Crippen molar-refractivity contribution in [2.45, 2.75) is 39.8 Å². The van der Waals surface area contributed by atoms with Gasteiger partial charge in [0.1, 0.15) is 5.76 Å². The number of rotatable bonds is 8. The van der Waals surface area contributed by atoms with Crippen LogP contribution in [0.1, 0.15) is 54.1 Å². The zero-order chi connectivity index (χ0) is 21.5. The van der Waals surface area contributed by atoms with Gasteiger partial charge in [-0.1, -0.05) is 38.1 Å². The molecular formula is C23H26N4O3. The van der Waals surface area contributed by atoms with Crippen LogP contribution >= 0.6 is 0 Å². The third-order valence-corrected chi connectivity index (χ3v) is 4.59. The Kier molecular flexibility index (Phi) is 6.85. The molecule has 0 saturated heterocycles. The van der Waals surface area contributed by atoms with Crippen molar-refractivity contribution in [3.05, 3.63) is 77.5 Å². The number of carbonyl (C=O) groups excluding carboxylic acids is 2. The quantitative estimate of drug-likeness (QED) is 0.549. The van der Waals surface area contributed by atoms with E-state index in [2.05, 4.69) is 41.7 Å². The number of amides is 2. The second-order valence-electron chi connectivity index (χ2n) is 7.15. The lowest BCUT2D eigenvalue weighted by Gasteiger charge is -2.05. The minimum absolute atomic E-state index is 0.159. The number of hydrogen-bond acceptors (Lipinski definition) is 4. The van der Waals surface area contributed by atoms with E-state index in [1.807, 2.05) is 19.1 Å². The molecule has 0 unspecified atom stereocenters. The van der Waals surface area contributed by atoms with E-state index in [9.17, 15) is 9.59 Å². The number of benzene rings is 1. The maximum absolute atomic E-state index is 12.5. The van der Waals surface area contributed by atoms with Gasteiger partial charge in [-0.2, -0.15) is 5.10 Å². The van der Waals surface area contributed by atoms with E-state index in [0.717, 1.165) is 5.56 Å². The normalized spacial score (nSPS) is 11.2. The summed E-state index contributed by atoms with van der Waals surface area (Å²) in [5.74, 6) is 0.370. The summed E-state index contributed by atoms with van der Waals surface area (Å²) in [5.41, 5.74) is 2.69. The van der Waals surface area contributed by atoms with E-state index in [-0.39, 0.29) is 24.1 Å². The van der Waals surface area contributed by atoms with Gasteiger partial charge in [-0.3, -0.25) is 14.3 Å². The first-order valence-electron chi connectivity index (χ1n) is 9.93. The van der Waals surface area contributed by atoms with Crippen molar-refractivity contribution in [1.82, 2.24) is 15.1 Å². The molecular weight excluding hydrogens is 380 g/mol. The van der Waals surface area contributed by atoms with Gasteiger partial charge < -0.3 is 15.1 Å². The largest absolute Gasteiger partial charge is 0.467 e. The molecule has 7 nitrogen and oxygen atoms in total. The molecule has 0 fully saturated rings. The number of nitrogens with one attached hydrogen (secondary N) is 2. The number of furan rings is 1. The Bertz CT molecular complexity index is 1020. The Morgan fingerprint density at radius 1 is 1.20 bits per heavy atom. The van der Waals surface area contributed by atoms with E-state index in [0.29, 0.717) is 23.9 Å². The maximum atomic E-state index is 12.5. The first kappa shape index (κ1) is 21.1. The minimum atomic E-state index is -0.387. The third-order valence-electron chi connectivity index (χ3n) is 4.59. The summed E-state index contributed by atoms with van der Waals surface area (Å²) in [6.07, 6.45) is 6.37. The average molecular weight is 406 g/mol. The highest BCUT2D eigenvalue weighted by atomic mass is 16.3. The smallest absolute Gasteiger partial charge is 0.274 e. The van der Waals surface area contributed by atoms with Gasteiger partial charge in [-0.05, 0) is 42.2 Å². The Labute approximate surface area is 175 Å². The van der Waals surface area contributed by atoms with Gasteiger partial charge in [0, 0.05) is 18.8 Å². The maximum Gasteiger partial charge on any atom is 0.274 e. The zero-order valence-electron chi connectivity index (χ0n) is 17.4. The van der Waals surface area contributed by atoms with Crippen molar-refractivity contribution in [1.29, 1.82) is 0 Å². The van der Waals surface area contributed by atoms with Crippen LogP contribution < -0.4 is 10.6 Å². The van der Waals surface area contributed by atoms with Crippen LogP contribution in [0, 0.1) is 0 Å². The molecule has 1 aromatic carbocycles. The molecule has 2 N–H and O–H groups in total. The van der Waals surface area contributed by atoms with Gasteiger partial charge in [0.05, 0.1) is 18.5 Å². The summed E-state index contributed by atoms with van der Waals surface area (Å²) in [4.78, 5) is 24.9. The fourth-order valence-electron chi connectivity index (χ4n) is 2.85. The molecule has 0 radical (unpaired) electrons. The SMILES string of the molecule is CCn1cc(NC(=O)/C=C/c2ccc(C(C)C)cc2)c(C(=O)NCc2ccco2)n1. The monoisotopic (exact) mass is 406 g/mol. The molecule has 0 aliphatic heterocycles. The van der Waals surface area contributed by atoms with Gasteiger partial charge in [0.2, 0.25) is 5.91 Å². The molecule has 2 amide bonds. The fraction of sp³-hybridized carbons (Fsp3) is 0.261. The standard InChI is InChI=1S/C23H26N4O3/c1-4-27-15-20(22(26-27)23(29)24-14-19-6-5-13-30-19)25-21(28)12-9-17-7-10-18(11-8-17)16(2)3/h5-13,15-16H,4,14H2,1-3H3,(H,24,29)(H,25,28)/b12-9+. The summed E-state index contributed by atoms with van der Waals surface area (Å²) >= 11 is 0. The van der Waals surface area contributed by atoms with Crippen LogP contribution in [0.15, 0.2) is 59.4 Å². The molecule has 2 aromatic heterocycles. The Balaban J connectivity index is 1.66. The molecule has 0 aliphatic carbocycles. The van der Waals surface area contributed by atoms with Crippen molar-refractivity contribution < 1.29 is 14.0 Å². The van der Waals surface area contributed by atoms with E-state index in [4.69, 9.17) is 4.42 Å². The van der Waals surface area contributed by atoms with Crippen LogP contribution in [-0.4, -0.2) is 21.6 Å². The number of anilines is 1. The predicted octanol–water partition coefficient (Wildman–Crippen LogP) is 4.20. The molecule has 0 spiro atoms. The zero-order valence-corrected chi connectivity index (χ0v) is 17.4. The molecule has 0 bridgehead atoms. The first-order chi connectivity index (χ1) is 14.5. The molecule has 0 atom stereocenters. The van der Waals surface area contributed by atoms with E-state index in [1.54, 1.807) is 35.4 Å². The van der Waals surface area contributed by atoms with Crippen molar-refractivity contribution in [2.75, 3.05) is 5.32 Å². The topological polar surface area (TPSA) is 89.2 Å². The highest BCUT2D eigenvalue weighted by molar-refractivity contribution is 6.06. The highest BCUT2D eigenvalue weighted by Crippen LogP contribution is 2.17. The van der Waals surface area contributed by atoms with E-state index in [1.165, 1.54) is 11.6 Å². The second-order valence-corrected chi connectivity index (χ2v) is 7.15. The van der Waals surface area contributed by atoms with Crippen molar-refractivity contribution in [3.8, 4) is 0 Å². The first-order valence-corrected chi connectivity index (χ1v) is 9.93. The summed E-state index contributed by atoms with van der Waals surface area (Å²) in [6.45, 7) is 6.99. The van der Waals surface area contributed by atoms with Gasteiger partial charge in [0.15, 0.2) is 5.69 Å². The lowest BCUT2D eigenvalue weighted by Crippen LogP contribution is -2.24. The number of aromatic nitrogens is 2. The number of nitrogens with zero attached hydrogens (tertiary/aromatic N) is 2. The van der Waals surface area contributed by atoms with Crippen molar-refractivity contribution in [2.24, 2.45) is 0 Å². The highest BCUT2D eigenvalue weighted by Gasteiger charge is 2.18. The second kappa shape index (κ2) is 9.73. The molecule has 3 aromatic rings. The molecule has 7 heteroatoms. The van der Waals surface area contributed by atoms with Crippen LogP contribution in [0.25, 0.3) is 6.08 Å². The molecule has 2 heterocycles. The van der Waals surface area contributed by atoms with Crippen LogP contribution in [0.3, 0.4) is 0 Å². The third kappa shape index (κ3) is 5.47. The molecule has 0 aliphatic rings. The lowest BCUT2D eigenvalue weighted by molar-refractivity contribution is -0.111. The Morgan fingerprint density at radius 3 is 2.60 bits per heavy atom. The summed E-state index contributed by atoms with van der Waals surface area (Å²) < 4.78 is 6.82. The number of hydrogen-bond donors (Lipinski definition) is 2. The van der Waals surface area contributed by atoms with Gasteiger partial charge in [-0.25, -0.2) is 0 Å². The molecule has 0 saturated carbocycles. The summed E-state index contributed by atoms with van der Waals surface area (Å²) in [6, 6.07) is 11.6. The van der Waals surface area contributed by atoms with Crippen LogP contribution in [0.2, 0.25) is 0 Å². The van der Waals surface area contributed by atoms with Gasteiger partial charge in [-0.15, -0.1) is 0 Å². The van der Waals surface area contributed by atoms with Gasteiger partial charge in [0.25, 0.3) is 5.91 Å². The van der Waals surface area contributed by atoms with E-state index < -0.39 is 0 Å². The summed E-state index contributed by atoms with van der Waals surface area (Å²) in [7, 11) is 0. The average Bonchev–Trinajstić information content (AvgIpc) is 3.40. The lowest BCUT2D eigenvalue weighted by atomic mass is 10.0. The minimum Gasteiger partial charge on any atom is -0.467 e. The Hall–Kier alpha value is -3.61. The van der Waals surface area contributed by atoms with Crippen molar-refractivity contribution in [3.63, 3.8) is 0 Å². The summed E-state index contributed by atoms with van der Waals surface area (Å²) in [5, 5.41) is 9.75. The molecule has 3 rings (SSSR count). The van der Waals surface area contributed by atoms with Crippen LogP contribution in [0.5, 0.6) is 0 Å². The van der Waals surface area contributed by atoms with E-state index >= 15 is 0 Å². The number of carbonyl (C=O) groups is 2. The predicted molar refractivity (Wildman–Crippen MR) is 116 cm³/mol. The van der Waals surface area contributed by atoms with Crippen LogP contribution in [0.4, 0.5) is 5.69 Å². The van der Waals surface area contributed by atoms with Crippen molar-refractivity contribution >= 4 is 23.6 Å².